The van der Waals surface area contributed by atoms with Gasteiger partial charge in [0, 0.05) is 51.6 Å². The smallest absolute Gasteiger partial charge is 0.303 e. The molecule has 0 bridgehead atoms. The number of pyridine rings is 1. The van der Waals surface area contributed by atoms with Crippen molar-refractivity contribution in [2.24, 2.45) is 0 Å². The van der Waals surface area contributed by atoms with E-state index in [1.807, 2.05) is 25.8 Å². The summed E-state index contributed by atoms with van der Waals surface area (Å²) in [6.07, 6.45) is 1.61. The van der Waals surface area contributed by atoms with E-state index in [0.717, 1.165) is 6.92 Å². The maximum Gasteiger partial charge on any atom is 0.303 e. The summed E-state index contributed by atoms with van der Waals surface area (Å²) >= 11 is 6.09. The average Bonchev–Trinajstić information content (AvgIpc) is 2.99. The summed E-state index contributed by atoms with van der Waals surface area (Å²) in [4.78, 5) is 14.0. The van der Waals surface area contributed by atoms with Crippen molar-refractivity contribution in [3.05, 3.63) is 35.0 Å². The number of likely N-dealkylation sites (N-methyl/N-ethyl adjacent to an activating group) is 1. The molecule has 0 saturated heterocycles. The Bertz CT molecular complexity index is 1050. The number of hydrogen-bond acceptors (Lipinski definition) is 6. The molecule has 3 aromatic heterocycles. The van der Waals surface area contributed by atoms with E-state index in [1.54, 1.807) is 32.4 Å². The lowest BCUT2D eigenvalue weighted by Crippen LogP contribution is -2.38. The largest absolute Gasteiger partial charge is 0.377 e. The van der Waals surface area contributed by atoms with Gasteiger partial charge in [-0.1, -0.05) is 11.6 Å². The molecule has 3 aromatic rings. The number of fused-ring (bicyclic) bond motifs is 1. The normalized spacial score (nSPS) is 12.6. The molecule has 0 spiro atoms. The van der Waals surface area contributed by atoms with Gasteiger partial charge >= 0.3 is 5.92 Å². The molecular formula is C19H23ClF2N6O. The first-order chi connectivity index (χ1) is 13.4. The van der Waals surface area contributed by atoms with Crippen LogP contribution < -0.4 is 4.90 Å². The third-order valence-corrected chi connectivity index (χ3v) is 4.70. The molecule has 3 rings (SSSR count). The number of ether oxygens (including phenoxy) is 1. The molecule has 7 nitrogen and oxygen atoms in total. The third kappa shape index (κ3) is 4.45. The predicted molar refractivity (Wildman–Crippen MR) is 108 cm³/mol. The van der Waals surface area contributed by atoms with E-state index >= 15 is 0 Å². The molecule has 0 aliphatic carbocycles. The minimum absolute atomic E-state index is 0.229. The van der Waals surface area contributed by atoms with Crippen LogP contribution in [0.15, 0.2) is 18.3 Å². The molecule has 0 aliphatic heterocycles. The van der Waals surface area contributed by atoms with Crippen LogP contribution in [0, 0.1) is 6.92 Å². The van der Waals surface area contributed by atoms with Crippen LogP contribution in [0.25, 0.3) is 16.7 Å². The fourth-order valence-electron chi connectivity index (χ4n) is 2.99. The van der Waals surface area contributed by atoms with E-state index in [0.29, 0.717) is 29.0 Å². The van der Waals surface area contributed by atoms with Crippen molar-refractivity contribution in [3.8, 4) is 5.82 Å². The number of aryl methyl sites for hydroxylation is 1. The molecule has 0 aromatic carbocycles. The van der Waals surface area contributed by atoms with Gasteiger partial charge in [0.15, 0.2) is 11.6 Å². The zero-order valence-corrected chi connectivity index (χ0v) is 17.9. The van der Waals surface area contributed by atoms with E-state index in [4.69, 9.17) is 16.3 Å². The van der Waals surface area contributed by atoms with Crippen LogP contribution in [0.5, 0.6) is 0 Å². The second-order valence-corrected chi connectivity index (χ2v) is 8.05. The van der Waals surface area contributed by atoms with Gasteiger partial charge in [0.05, 0.1) is 16.5 Å². The summed E-state index contributed by atoms with van der Waals surface area (Å²) in [6.45, 7) is 6.86. The van der Waals surface area contributed by atoms with Gasteiger partial charge in [0.1, 0.15) is 5.15 Å². The van der Waals surface area contributed by atoms with E-state index in [9.17, 15) is 8.78 Å². The Kier molecular flexibility index (Phi) is 5.48. The van der Waals surface area contributed by atoms with Crippen LogP contribution >= 0.6 is 11.6 Å². The minimum atomic E-state index is -3.18. The topological polar surface area (TPSA) is 69.0 Å². The van der Waals surface area contributed by atoms with Gasteiger partial charge in [0.2, 0.25) is 5.82 Å². The van der Waals surface area contributed by atoms with Crippen LogP contribution in [0.2, 0.25) is 5.15 Å². The molecule has 0 fully saturated rings. The number of hydrogen-bond donors (Lipinski definition) is 0. The van der Waals surface area contributed by atoms with E-state index in [1.165, 1.54) is 4.68 Å². The van der Waals surface area contributed by atoms with Gasteiger partial charge in [-0.05, 0) is 20.8 Å². The first-order valence-electron chi connectivity index (χ1n) is 8.96. The van der Waals surface area contributed by atoms with Crippen molar-refractivity contribution in [1.82, 2.24) is 24.7 Å². The standard InChI is InChI=1S/C19H23ClF2N6O/c1-11-7-15(25-17(24-11)19(4,21)22)28-13-8-14(20)23-9-12(13)16(26-28)27(5)10-18(2,3)29-6/h7-9H,10H2,1-6H3. The molecule has 0 amide bonds. The molecule has 0 N–H and O–H groups in total. The highest BCUT2D eigenvalue weighted by molar-refractivity contribution is 6.30. The van der Waals surface area contributed by atoms with Crippen molar-refractivity contribution in [3.63, 3.8) is 0 Å². The monoisotopic (exact) mass is 424 g/mol. The van der Waals surface area contributed by atoms with E-state index in [2.05, 4.69) is 20.1 Å². The molecule has 0 aliphatic rings. The quantitative estimate of drug-likeness (QED) is 0.554. The molecule has 0 radical (unpaired) electrons. The molecule has 0 atom stereocenters. The number of aromatic nitrogens is 5. The minimum Gasteiger partial charge on any atom is -0.377 e. The highest BCUT2D eigenvalue weighted by Crippen LogP contribution is 2.31. The predicted octanol–water partition coefficient (Wildman–Crippen LogP) is 4.15. The van der Waals surface area contributed by atoms with Gasteiger partial charge in [0.25, 0.3) is 0 Å². The molecule has 0 unspecified atom stereocenters. The summed E-state index contributed by atoms with van der Waals surface area (Å²) in [6, 6.07) is 3.22. The number of alkyl halides is 2. The SMILES string of the molecule is COC(C)(C)CN(C)c1nn(-c2cc(C)nc(C(C)(F)F)n2)c2cc(Cl)ncc12. The van der Waals surface area contributed by atoms with Crippen LogP contribution in [-0.2, 0) is 10.7 Å². The van der Waals surface area contributed by atoms with Crippen molar-refractivity contribution >= 4 is 28.3 Å². The first kappa shape index (κ1) is 21.3. The number of anilines is 1. The van der Waals surface area contributed by atoms with Crippen molar-refractivity contribution in [1.29, 1.82) is 0 Å². The lowest BCUT2D eigenvalue weighted by atomic mass is 10.1. The fraction of sp³-hybridized carbons (Fsp3) is 0.474. The Morgan fingerprint density at radius 3 is 2.52 bits per heavy atom. The molecule has 10 heteroatoms. The van der Waals surface area contributed by atoms with Crippen LogP contribution in [0.3, 0.4) is 0 Å². The Labute approximate surface area is 172 Å². The number of methoxy groups -OCH3 is 1. The zero-order chi connectivity index (χ0) is 21.6. The van der Waals surface area contributed by atoms with Crippen LogP contribution in [-0.4, -0.2) is 51.0 Å². The maximum atomic E-state index is 13.9. The summed E-state index contributed by atoms with van der Waals surface area (Å²) in [5, 5.41) is 5.61. The average molecular weight is 425 g/mol. The van der Waals surface area contributed by atoms with E-state index in [-0.39, 0.29) is 11.0 Å². The molecule has 0 saturated carbocycles. The van der Waals surface area contributed by atoms with Gasteiger partial charge in [-0.2, -0.15) is 8.78 Å². The highest BCUT2D eigenvalue weighted by atomic mass is 35.5. The van der Waals surface area contributed by atoms with Gasteiger partial charge in [-0.3, -0.25) is 0 Å². The fourth-order valence-corrected chi connectivity index (χ4v) is 3.15. The maximum absolute atomic E-state index is 13.9. The Balaban J connectivity index is 2.20. The third-order valence-electron chi connectivity index (χ3n) is 4.50. The lowest BCUT2D eigenvalue weighted by Gasteiger charge is -2.29. The van der Waals surface area contributed by atoms with Gasteiger partial charge in [-0.25, -0.2) is 19.6 Å². The lowest BCUT2D eigenvalue weighted by molar-refractivity contribution is 0.00746. The van der Waals surface area contributed by atoms with Gasteiger partial charge in [-0.15, -0.1) is 5.10 Å². The number of halogens is 3. The number of nitrogens with zero attached hydrogens (tertiary/aromatic N) is 6. The van der Waals surface area contributed by atoms with E-state index < -0.39 is 17.3 Å². The van der Waals surface area contributed by atoms with Crippen molar-refractivity contribution in [2.45, 2.75) is 39.2 Å². The summed E-state index contributed by atoms with van der Waals surface area (Å²) in [5.74, 6) is -2.90. The Morgan fingerprint density at radius 2 is 1.90 bits per heavy atom. The van der Waals surface area contributed by atoms with Crippen molar-refractivity contribution in [2.75, 3.05) is 25.6 Å². The molecular weight excluding hydrogens is 402 g/mol. The Morgan fingerprint density at radius 1 is 1.21 bits per heavy atom. The van der Waals surface area contributed by atoms with Gasteiger partial charge < -0.3 is 9.64 Å². The van der Waals surface area contributed by atoms with Crippen LogP contribution in [0.1, 0.15) is 32.3 Å². The van der Waals surface area contributed by atoms with Crippen LogP contribution in [0.4, 0.5) is 14.6 Å². The summed E-state index contributed by atoms with van der Waals surface area (Å²) < 4.78 is 34.7. The number of rotatable bonds is 6. The first-order valence-corrected chi connectivity index (χ1v) is 9.34. The highest BCUT2D eigenvalue weighted by Gasteiger charge is 2.30. The second-order valence-electron chi connectivity index (χ2n) is 7.66. The second kappa shape index (κ2) is 7.46. The van der Waals surface area contributed by atoms with Crippen molar-refractivity contribution < 1.29 is 13.5 Å². The molecule has 29 heavy (non-hydrogen) atoms. The molecule has 156 valence electrons. The molecule has 3 heterocycles. The summed E-state index contributed by atoms with van der Waals surface area (Å²) in [5.41, 5.74) is 0.587. The zero-order valence-electron chi connectivity index (χ0n) is 17.2. The summed E-state index contributed by atoms with van der Waals surface area (Å²) in [7, 11) is 3.51. The Hall–Kier alpha value is -2.39.